The number of esters is 2. The average Bonchev–Trinajstić information content (AvgIpc) is 3.12. The molecule has 0 aromatic heterocycles. The van der Waals surface area contributed by atoms with E-state index in [1.54, 1.807) is 0 Å². The molecule has 4 rings (SSSR count). The fraction of sp³-hybridized carbons (Fsp3) is 0.935. The van der Waals surface area contributed by atoms with Crippen molar-refractivity contribution in [1.29, 1.82) is 0 Å². The normalized spacial score (nSPS) is 43.6. The Balaban J connectivity index is 1.50. The van der Waals surface area contributed by atoms with Gasteiger partial charge in [-0.1, -0.05) is 53.9 Å². The van der Waals surface area contributed by atoms with E-state index in [1.165, 1.54) is 65.2 Å². The molecule has 0 aromatic carbocycles. The summed E-state index contributed by atoms with van der Waals surface area (Å²) in [4.78, 5) is 23.8. The number of hydrogen-bond donors (Lipinski definition) is 0. The molecule has 4 aliphatic carbocycles. The highest BCUT2D eigenvalue weighted by molar-refractivity contribution is 5.67. The van der Waals surface area contributed by atoms with Gasteiger partial charge in [-0.25, -0.2) is 0 Å². The lowest BCUT2D eigenvalue weighted by Crippen LogP contribution is -2.59. The number of fused-ring (bicyclic) bond motifs is 5. The standard InChI is InChI=1S/C31H52O4/c1-19(2)9-8-10-20(3)24-13-14-25-23-11-12-27-29(35-22(5)33)28(34-21(4)32)16-18-31(27,7)26(23)15-17-30(24,25)6/h19-20,23-29H,8-18H2,1-7H3/t20-,23+,24-,25+,26+,27+,28-,29-,30-,31-/m1/s1. The van der Waals surface area contributed by atoms with Gasteiger partial charge in [0.05, 0.1) is 0 Å². The molecule has 4 aliphatic rings. The van der Waals surface area contributed by atoms with Crippen molar-refractivity contribution in [2.24, 2.45) is 52.3 Å². The molecule has 0 aromatic rings. The van der Waals surface area contributed by atoms with Crippen LogP contribution < -0.4 is 0 Å². The SMILES string of the molecule is CC(=O)O[C@H]1[C@H](OC(C)=O)CC[C@]2(C)[C@H]3CC[C@]4(C)[C@@H]([C@H](C)CCCC(C)C)CC[C@H]4[C@@H]3CC[C@@H]12. The maximum absolute atomic E-state index is 12.0. The Kier molecular flexibility index (Phi) is 7.99. The summed E-state index contributed by atoms with van der Waals surface area (Å²) >= 11 is 0. The van der Waals surface area contributed by atoms with Crippen LogP contribution in [0.25, 0.3) is 0 Å². The Morgan fingerprint density at radius 2 is 1.40 bits per heavy atom. The van der Waals surface area contributed by atoms with Gasteiger partial charge in [-0.3, -0.25) is 9.59 Å². The summed E-state index contributed by atoms with van der Waals surface area (Å²) < 4.78 is 11.6. The molecule has 0 spiro atoms. The van der Waals surface area contributed by atoms with Crippen LogP contribution in [-0.2, 0) is 19.1 Å². The van der Waals surface area contributed by atoms with Gasteiger partial charge in [-0.15, -0.1) is 0 Å². The van der Waals surface area contributed by atoms with Gasteiger partial charge < -0.3 is 9.47 Å². The number of ether oxygens (including phenoxy) is 2. The Labute approximate surface area is 214 Å². The lowest BCUT2D eigenvalue weighted by atomic mass is 9.44. The first-order valence-electron chi connectivity index (χ1n) is 14.8. The zero-order chi connectivity index (χ0) is 25.5. The second-order valence-electron chi connectivity index (χ2n) is 13.9. The van der Waals surface area contributed by atoms with Gasteiger partial charge >= 0.3 is 11.9 Å². The van der Waals surface area contributed by atoms with E-state index in [0.29, 0.717) is 17.3 Å². The summed E-state index contributed by atoms with van der Waals surface area (Å²) in [5.41, 5.74) is 0.661. The van der Waals surface area contributed by atoms with Crippen LogP contribution >= 0.6 is 0 Å². The second-order valence-corrected chi connectivity index (χ2v) is 13.9. The van der Waals surface area contributed by atoms with Crippen molar-refractivity contribution >= 4 is 11.9 Å². The molecule has 4 heteroatoms. The van der Waals surface area contributed by atoms with E-state index in [1.807, 2.05) is 0 Å². The van der Waals surface area contributed by atoms with Gasteiger partial charge in [0, 0.05) is 19.8 Å². The van der Waals surface area contributed by atoms with Crippen molar-refractivity contribution in [1.82, 2.24) is 0 Å². The minimum atomic E-state index is -0.290. The highest BCUT2D eigenvalue weighted by Gasteiger charge is 2.63. The van der Waals surface area contributed by atoms with Crippen LogP contribution in [0.2, 0.25) is 0 Å². The molecule has 0 heterocycles. The van der Waals surface area contributed by atoms with Crippen LogP contribution in [0.5, 0.6) is 0 Å². The van der Waals surface area contributed by atoms with E-state index < -0.39 is 0 Å². The maximum atomic E-state index is 12.0. The summed E-state index contributed by atoms with van der Waals surface area (Å²) in [6, 6.07) is 0. The van der Waals surface area contributed by atoms with E-state index in [4.69, 9.17) is 9.47 Å². The largest absolute Gasteiger partial charge is 0.459 e. The predicted molar refractivity (Wildman–Crippen MR) is 140 cm³/mol. The van der Waals surface area contributed by atoms with Crippen molar-refractivity contribution in [3.05, 3.63) is 0 Å². The van der Waals surface area contributed by atoms with Crippen LogP contribution in [0.1, 0.15) is 119 Å². The first-order valence-corrected chi connectivity index (χ1v) is 14.8. The van der Waals surface area contributed by atoms with Crippen LogP contribution in [0, 0.1) is 52.3 Å². The topological polar surface area (TPSA) is 52.6 Å². The Bertz CT molecular complexity index is 776. The molecule has 4 nitrogen and oxygen atoms in total. The number of hydrogen-bond acceptors (Lipinski definition) is 4. The molecule has 0 aliphatic heterocycles. The van der Waals surface area contributed by atoms with Crippen LogP contribution in [0.4, 0.5) is 0 Å². The van der Waals surface area contributed by atoms with E-state index in [9.17, 15) is 9.59 Å². The summed E-state index contributed by atoms with van der Waals surface area (Å²) in [6.07, 6.45) is 13.2. The van der Waals surface area contributed by atoms with Gasteiger partial charge in [0.1, 0.15) is 12.2 Å². The van der Waals surface area contributed by atoms with Crippen molar-refractivity contribution in [2.75, 3.05) is 0 Å². The third-order valence-corrected chi connectivity index (χ3v) is 11.5. The molecule has 0 bridgehead atoms. The monoisotopic (exact) mass is 488 g/mol. The zero-order valence-corrected chi connectivity index (χ0v) is 23.6. The van der Waals surface area contributed by atoms with Crippen molar-refractivity contribution in [3.63, 3.8) is 0 Å². The minimum absolute atomic E-state index is 0.169. The molecule has 4 saturated carbocycles. The molecule has 10 atom stereocenters. The van der Waals surface area contributed by atoms with E-state index in [0.717, 1.165) is 48.9 Å². The molecule has 0 amide bonds. The van der Waals surface area contributed by atoms with Crippen LogP contribution in [0.3, 0.4) is 0 Å². The summed E-state index contributed by atoms with van der Waals surface area (Å²) in [5.74, 6) is 4.64. The smallest absolute Gasteiger partial charge is 0.303 e. The quantitative estimate of drug-likeness (QED) is 0.347. The van der Waals surface area contributed by atoms with Crippen molar-refractivity contribution < 1.29 is 19.1 Å². The van der Waals surface area contributed by atoms with Gasteiger partial charge in [0.2, 0.25) is 0 Å². The third kappa shape index (κ3) is 5.06. The molecule has 35 heavy (non-hydrogen) atoms. The summed E-state index contributed by atoms with van der Waals surface area (Å²) in [6.45, 7) is 15.3. The Morgan fingerprint density at radius 3 is 2.06 bits per heavy atom. The van der Waals surface area contributed by atoms with Gasteiger partial charge in [0.15, 0.2) is 0 Å². The van der Waals surface area contributed by atoms with Gasteiger partial charge in [0.25, 0.3) is 0 Å². The minimum Gasteiger partial charge on any atom is -0.459 e. The van der Waals surface area contributed by atoms with Crippen LogP contribution in [0.15, 0.2) is 0 Å². The predicted octanol–water partition coefficient (Wildman–Crippen LogP) is 7.58. The average molecular weight is 489 g/mol. The molecule has 0 saturated heterocycles. The fourth-order valence-corrected chi connectivity index (χ4v) is 9.99. The molecule has 0 radical (unpaired) electrons. The molecule has 4 fully saturated rings. The molecule has 0 unspecified atom stereocenters. The van der Waals surface area contributed by atoms with E-state index >= 15 is 0 Å². The zero-order valence-electron chi connectivity index (χ0n) is 23.6. The molecule has 200 valence electrons. The highest BCUT2D eigenvalue weighted by Crippen LogP contribution is 2.68. The second kappa shape index (κ2) is 10.4. The molecular formula is C31H52O4. The lowest BCUT2D eigenvalue weighted by Gasteiger charge is -2.62. The first kappa shape index (κ1) is 27.0. The third-order valence-electron chi connectivity index (χ3n) is 11.5. The maximum Gasteiger partial charge on any atom is 0.303 e. The fourth-order valence-electron chi connectivity index (χ4n) is 9.99. The van der Waals surface area contributed by atoms with E-state index in [-0.39, 0.29) is 29.6 Å². The van der Waals surface area contributed by atoms with Gasteiger partial charge in [-0.2, -0.15) is 0 Å². The molecule has 0 N–H and O–H groups in total. The van der Waals surface area contributed by atoms with Crippen molar-refractivity contribution in [3.8, 4) is 0 Å². The highest BCUT2D eigenvalue weighted by atomic mass is 16.6. The summed E-state index contributed by atoms with van der Waals surface area (Å²) in [7, 11) is 0. The lowest BCUT2D eigenvalue weighted by molar-refractivity contribution is -0.205. The molecular weight excluding hydrogens is 436 g/mol. The Morgan fingerprint density at radius 1 is 0.771 bits per heavy atom. The number of carbonyl (C=O) groups is 2. The van der Waals surface area contributed by atoms with E-state index in [2.05, 4.69) is 34.6 Å². The number of rotatable bonds is 7. The first-order chi connectivity index (χ1) is 16.5. The Hall–Kier alpha value is -1.06. The van der Waals surface area contributed by atoms with Crippen LogP contribution in [-0.4, -0.2) is 24.1 Å². The summed E-state index contributed by atoms with van der Waals surface area (Å²) in [5, 5.41) is 0. The number of carbonyl (C=O) groups excluding carboxylic acids is 2. The van der Waals surface area contributed by atoms with Gasteiger partial charge in [-0.05, 0) is 97.7 Å². The van der Waals surface area contributed by atoms with Crippen molar-refractivity contribution in [2.45, 2.75) is 131 Å².